The molecule has 12 heavy (non-hydrogen) atoms. The topological polar surface area (TPSA) is 12.9 Å². The van der Waals surface area contributed by atoms with Gasteiger partial charge >= 0.3 is 0 Å². The van der Waals surface area contributed by atoms with Crippen molar-refractivity contribution in [1.29, 1.82) is 0 Å². The quantitative estimate of drug-likeness (QED) is 0.533. The van der Waals surface area contributed by atoms with Gasteiger partial charge in [0.25, 0.3) is 0 Å². The van der Waals surface area contributed by atoms with Gasteiger partial charge in [0.1, 0.15) is 0 Å². The highest BCUT2D eigenvalue weighted by Gasteiger charge is 2.12. The van der Waals surface area contributed by atoms with E-state index < -0.39 is 0 Å². The van der Waals surface area contributed by atoms with Crippen LogP contribution in [0.4, 0.5) is 0 Å². The van der Waals surface area contributed by atoms with Gasteiger partial charge in [0, 0.05) is 11.9 Å². The minimum atomic E-state index is 0.874. The third-order valence-electron chi connectivity index (χ3n) is 2.76. The molecular formula is C11H15N. The van der Waals surface area contributed by atoms with Crippen molar-refractivity contribution < 1.29 is 0 Å². The van der Waals surface area contributed by atoms with Crippen molar-refractivity contribution >= 4 is 0 Å². The van der Waals surface area contributed by atoms with E-state index in [0.29, 0.717) is 0 Å². The number of aryl methyl sites for hydroxylation is 2. The van der Waals surface area contributed by atoms with E-state index in [1.807, 2.05) is 6.20 Å². The van der Waals surface area contributed by atoms with E-state index in [4.69, 9.17) is 0 Å². The molecule has 0 fully saturated rings. The molecule has 1 nitrogen and oxygen atoms in total. The molecule has 0 aromatic carbocycles. The van der Waals surface area contributed by atoms with Crippen LogP contribution in [0.5, 0.6) is 0 Å². The molecular weight excluding hydrogens is 146 g/mol. The van der Waals surface area contributed by atoms with Crippen molar-refractivity contribution in [2.45, 2.75) is 32.6 Å². The molecule has 0 spiro atoms. The van der Waals surface area contributed by atoms with Gasteiger partial charge in [-0.3, -0.25) is 4.98 Å². The monoisotopic (exact) mass is 161 g/mol. The van der Waals surface area contributed by atoms with E-state index in [1.165, 1.54) is 36.9 Å². The molecule has 2 rings (SSSR count). The molecule has 0 bridgehead atoms. The minimum absolute atomic E-state index is 0.874. The van der Waals surface area contributed by atoms with E-state index in [1.54, 1.807) is 0 Å². The molecule has 1 aromatic heterocycles. The van der Waals surface area contributed by atoms with Gasteiger partial charge in [-0.05, 0) is 43.2 Å². The summed E-state index contributed by atoms with van der Waals surface area (Å²) in [4.78, 5) is 4.41. The summed E-state index contributed by atoms with van der Waals surface area (Å²) in [6, 6.07) is 4.27. The molecule has 0 saturated heterocycles. The van der Waals surface area contributed by atoms with E-state index in [9.17, 15) is 0 Å². The van der Waals surface area contributed by atoms with Crippen LogP contribution in [0, 0.1) is 5.92 Å². The maximum atomic E-state index is 4.41. The Morgan fingerprint density at radius 1 is 1.33 bits per heavy atom. The molecule has 1 heteroatoms. The number of hydrogen-bond acceptors (Lipinski definition) is 1. The second-order valence-electron chi connectivity index (χ2n) is 3.79. The van der Waals surface area contributed by atoms with Gasteiger partial charge in [0.2, 0.25) is 0 Å². The maximum absolute atomic E-state index is 4.41. The molecule has 1 atom stereocenters. The van der Waals surface area contributed by atoms with Gasteiger partial charge in [-0.1, -0.05) is 13.0 Å². The van der Waals surface area contributed by atoms with Crippen LogP contribution in [0.25, 0.3) is 0 Å². The van der Waals surface area contributed by atoms with Gasteiger partial charge in [0.15, 0.2) is 0 Å². The number of fused-ring (bicyclic) bond motifs is 1. The highest BCUT2D eigenvalue weighted by molar-refractivity contribution is 5.21. The molecule has 0 saturated carbocycles. The number of nitrogens with zero attached hydrogens (tertiary/aromatic N) is 1. The van der Waals surface area contributed by atoms with Crippen molar-refractivity contribution in [3.05, 3.63) is 29.6 Å². The van der Waals surface area contributed by atoms with Gasteiger partial charge in [-0.15, -0.1) is 0 Å². The fraction of sp³-hybridized carbons (Fsp3) is 0.545. The summed E-state index contributed by atoms with van der Waals surface area (Å²) in [5.41, 5.74) is 2.81. The molecule has 0 amide bonds. The lowest BCUT2D eigenvalue weighted by atomic mass is 10.0. The van der Waals surface area contributed by atoms with Gasteiger partial charge in [-0.2, -0.15) is 0 Å². The Bertz CT molecular complexity index is 240. The van der Waals surface area contributed by atoms with Gasteiger partial charge in [-0.25, -0.2) is 0 Å². The fourth-order valence-corrected chi connectivity index (χ4v) is 1.85. The van der Waals surface area contributed by atoms with Crippen molar-refractivity contribution in [1.82, 2.24) is 4.98 Å². The van der Waals surface area contributed by atoms with Crippen molar-refractivity contribution in [3.8, 4) is 0 Å². The smallest absolute Gasteiger partial charge is 0.0435 e. The maximum Gasteiger partial charge on any atom is 0.0435 e. The Kier molecular flexibility index (Phi) is 2.11. The molecule has 0 radical (unpaired) electrons. The second-order valence-corrected chi connectivity index (χ2v) is 3.79. The number of rotatable bonds is 0. The lowest BCUT2D eigenvalue weighted by Gasteiger charge is -2.03. The Balaban J connectivity index is 2.26. The van der Waals surface area contributed by atoms with Crippen LogP contribution in [0.3, 0.4) is 0 Å². The first-order chi connectivity index (χ1) is 5.86. The summed E-state index contributed by atoms with van der Waals surface area (Å²) >= 11 is 0. The van der Waals surface area contributed by atoms with Crippen LogP contribution < -0.4 is 0 Å². The van der Waals surface area contributed by atoms with E-state index in [0.717, 1.165) is 5.92 Å². The highest BCUT2D eigenvalue weighted by Crippen LogP contribution is 2.22. The second kappa shape index (κ2) is 3.26. The zero-order valence-electron chi connectivity index (χ0n) is 7.59. The zero-order chi connectivity index (χ0) is 8.39. The third kappa shape index (κ3) is 1.50. The Labute approximate surface area is 73.8 Å². The zero-order valence-corrected chi connectivity index (χ0v) is 7.59. The Morgan fingerprint density at radius 2 is 2.17 bits per heavy atom. The average molecular weight is 161 g/mol. The number of hydrogen-bond donors (Lipinski definition) is 0. The summed E-state index contributed by atoms with van der Waals surface area (Å²) in [5, 5.41) is 0. The number of pyridine rings is 1. The normalized spacial score (nSPS) is 22.9. The van der Waals surface area contributed by atoms with Crippen LogP contribution >= 0.6 is 0 Å². The first-order valence-electron chi connectivity index (χ1n) is 4.79. The largest absolute Gasteiger partial charge is 0.261 e. The molecule has 1 heterocycles. The van der Waals surface area contributed by atoms with Crippen molar-refractivity contribution in [2.75, 3.05) is 0 Å². The molecule has 1 aliphatic carbocycles. The summed E-state index contributed by atoms with van der Waals surface area (Å²) in [7, 11) is 0. The van der Waals surface area contributed by atoms with Crippen LogP contribution in [0.1, 0.15) is 31.0 Å². The van der Waals surface area contributed by atoms with Crippen molar-refractivity contribution in [3.63, 3.8) is 0 Å². The molecule has 0 N–H and O–H groups in total. The SMILES string of the molecule is C[C@@H]1CCc2cccnc2CC1. The first-order valence-corrected chi connectivity index (χ1v) is 4.79. The molecule has 64 valence electrons. The van der Waals surface area contributed by atoms with E-state index in [-0.39, 0.29) is 0 Å². The predicted molar refractivity (Wildman–Crippen MR) is 50.0 cm³/mol. The highest BCUT2D eigenvalue weighted by atomic mass is 14.7. The van der Waals surface area contributed by atoms with E-state index >= 15 is 0 Å². The standard InChI is InChI=1S/C11H15N/c1-9-4-6-10-3-2-8-12-11(10)7-5-9/h2-3,8-9H,4-7H2,1H3/t9-/m1/s1. The lowest BCUT2D eigenvalue weighted by molar-refractivity contribution is 0.509. The van der Waals surface area contributed by atoms with Crippen LogP contribution in [-0.4, -0.2) is 4.98 Å². The molecule has 1 aromatic rings. The van der Waals surface area contributed by atoms with Crippen molar-refractivity contribution in [2.24, 2.45) is 5.92 Å². The Hall–Kier alpha value is -0.850. The third-order valence-corrected chi connectivity index (χ3v) is 2.76. The van der Waals surface area contributed by atoms with Crippen LogP contribution in [0.15, 0.2) is 18.3 Å². The van der Waals surface area contributed by atoms with Crippen LogP contribution in [0.2, 0.25) is 0 Å². The number of aromatic nitrogens is 1. The fourth-order valence-electron chi connectivity index (χ4n) is 1.85. The molecule has 0 aliphatic heterocycles. The van der Waals surface area contributed by atoms with E-state index in [2.05, 4.69) is 24.0 Å². The average Bonchev–Trinajstić information content (AvgIpc) is 2.29. The first kappa shape index (κ1) is 7.78. The summed E-state index contributed by atoms with van der Waals surface area (Å²) in [6.45, 7) is 2.34. The predicted octanol–water partition coefficient (Wildman–Crippen LogP) is 2.60. The lowest BCUT2D eigenvalue weighted by Crippen LogP contribution is -1.93. The summed E-state index contributed by atoms with van der Waals surface area (Å²) < 4.78 is 0. The minimum Gasteiger partial charge on any atom is -0.261 e. The summed E-state index contributed by atoms with van der Waals surface area (Å²) in [6.07, 6.45) is 6.96. The Morgan fingerprint density at radius 3 is 3.08 bits per heavy atom. The van der Waals surface area contributed by atoms with Gasteiger partial charge in [0.05, 0.1) is 0 Å². The van der Waals surface area contributed by atoms with Gasteiger partial charge < -0.3 is 0 Å². The summed E-state index contributed by atoms with van der Waals surface area (Å²) in [5.74, 6) is 0.874. The van der Waals surface area contributed by atoms with Crippen LogP contribution in [-0.2, 0) is 12.8 Å². The molecule has 0 unspecified atom stereocenters. The molecule has 1 aliphatic rings.